The SMILES string of the molecule is O=c1nc2n(O)cncc-2[nH]c1=O. The van der Waals surface area contributed by atoms with Gasteiger partial charge in [-0.2, -0.15) is 9.71 Å². The lowest BCUT2D eigenvalue weighted by atomic mass is 10.4. The zero-order valence-electron chi connectivity index (χ0n) is 6.26. The second-order valence-electron chi connectivity index (χ2n) is 2.35. The summed E-state index contributed by atoms with van der Waals surface area (Å²) in [6.45, 7) is 0. The molecule has 0 saturated heterocycles. The van der Waals surface area contributed by atoms with E-state index in [0.29, 0.717) is 4.73 Å². The van der Waals surface area contributed by atoms with Crippen LogP contribution in [0.5, 0.6) is 0 Å². The maximum absolute atomic E-state index is 10.8. The number of fused-ring (bicyclic) bond motifs is 1. The summed E-state index contributed by atoms with van der Waals surface area (Å²) < 4.78 is 0.562. The number of hydrogen-bond donors (Lipinski definition) is 2. The lowest BCUT2D eigenvalue weighted by Gasteiger charge is -2.04. The van der Waals surface area contributed by atoms with E-state index in [-0.39, 0.29) is 11.5 Å². The van der Waals surface area contributed by atoms with Crippen molar-refractivity contribution in [2.24, 2.45) is 0 Å². The number of H-pyrrole nitrogens is 1. The van der Waals surface area contributed by atoms with Gasteiger partial charge < -0.3 is 10.2 Å². The maximum Gasteiger partial charge on any atom is 0.337 e. The number of nitrogens with one attached hydrogen (secondary N) is 1. The van der Waals surface area contributed by atoms with Crippen LogP contribution in [0.25, 0.3) is 11.5 Å². The quantitative estimate of drug-likeness (QED) is 0.386. The predicted molar refractivity (Wildman–Crippen MR) is 40.7 cm³/mol. The summed E-state index contributed by atoms with van der Waals surface area (Å²) in [5.74, 6) is -0.0281. The van der Waals surface area contributed by atoms with E-state index in [1.807, 2.05) is 0 Å². The Labute approximate surface area is 70.6 Å². The first-order valence-electron chi connectivity index (χ1n) is 3.34. The summed E-state index contributed by atoms with van der Waals surface area (Å²) >= 11 is 0. The van der Waals surface area contributed by atoms with Crippen LogP contribution in [-0.2, 0) is 0 Å². The Kier molecular flexibility index (Phi) is 1.38. The number of rotatable bonds is 0. The number of aromatic amines is 1. The van der Waals surface area contributed by atoms with Gasteiger partial charge in [0.1, 0.15) is 12.0 Å². The normalized spacial score (nSPS) is 10.5. The molecule has 66 valence electrons. The van der Waals surface area contributed by atoms with Gasteiger partial charge in [0.2, 0.25) is 0 Å². The third-order valence-electron chi connectivity index (χ3n) is 1.49. The molecule has 0 amide bonds. The van der Waals surface area contributed by atoms with Crippen LogP contribution in [0.3, 0.4) is 0 Å². The Morgan fingerprint density at radius 2 is 2.23 bits per heavy atom. The van der Waals surface area contributed by atoms with Gasteiger partial charge in [-0.15, -0.1) is 0 Å². The van der Waals surface area contributed by atoms with Crippen LogP contribution in [-0.4, -0.2) is 24.9 Å². The largest absolute Gasteiger partial charge is 0.425 e. The summed E-state index contributed by atoms with van der Waals surface area (Å²) in [6, 6.07) is 0. The third kappa shape index (κ3) is 1.06. The summed E-state index contributed by atoms with van der Waals surface area (Å²) in [6.07, 6.45) is 2.35. The molecule has 0 aromatic rings. The van der Waals surface area contributed by atoms with Gasteiger partial charge in [-0.25, -0.2) is 4.98 Å². The van der Waals surface area contributed by atoms with E-state index in [9.17, 15) is 9.59 Å². The molecule has 0 saturated carbocycles. The molecule has 2 aliphatic rings. The molecule has 7 heteroatoms. The molecule has 0 spiro atoms. The van der Waals surface area contributed by atoms with Gasteiger partial charge >= 0.3 is 11.1 Å². The van der Waals surface area contributed by atoms with E-state index in [1.54, 1.807) is 0 Å². The molecule has 0 aromatic heterocycles. The van der Waals surface area contributed by atoms with Gasteiger partial charge in [0.25, 0.3) is 0 Å². The molecule has 0 unspecified atom stereocenters. The fourth-order valence-electron chi connectivity index (χ4n) is 0.929. The van der Waals surface area contributed by atoms with Crippen LogP contribution in [0.1, 0.15) is 0 Å². The fourth-order valence-corrected chi connectivity index (χ4v) is 0.929. The van der Waals surface area contributed by atoms with Crippen molar-refractivity contribution in [1.82, 2.24) is 19.7 Å². The molecule has 2 rings (SSSR count). The van der Waals surface area contributed by atoms with E-state index in [2.05, 4.69) is 15.0 Å². The van der Waals surface area contributed by atoms with E-state index in [0.717, 1.165) is 6.33 Å². The zero-order chi connectivity index (χ0) is 9.42. The molecule has 7 nitrogen and oxygen atoms in total. The van der Waals surface area contributed by atoms with Crippen LogP contribution >= 0.6 is 0 Å². The third-order valence-corrected chi connectivity index (χ3v) is 1.49. The van der Waals surface area contributed by atoms with Crippen molar-refractivity contribution in [3.63, 3.8) is 0 Å². The van der Waals surface area contributed by atoms with E-state index in [1.165, 1.54) is 6.20 Å². The van der Waals surface area contributed by atoms with Gasteiger partial charge in [0.15, 0.2) is 5.82 Å². The molecule has 2 N–H and O–H groups in total. The second-order valence-corrected chi connectivity index (χ2v) is 2.35. The summed E-state index contributed by atoms with van der Waals surface area (Å²) in [7, 11) is 0. The van der Waals surface area contributed by atoms with Crippen molar-refractivity contribution < 1.29 is 5.21 Å². The standard InChI is InChI=1S/C6H4N4O3/c11-5-6(12)9-4-3(8-5)1-7-2-10(4)13/h1-2,13H,(H,8,11). The minimum Gasteiger partial charge on any atom is -0.425 e. The number of hydrogen-bond acceptors (Lipinski definition) is 5. The van der Waals surface area contributed by atoms with Crippen LogP contribution in [0, 0.1) is 0 Å². The van der Waals surface area contributed by atoms with Crippen molar-refractivity contribution in [2.45, 2.75) is 0 Å². The Morgan fingerprint density at radius 1 is 1.46 bits per heavy atom. The highest BCUT2D eigenvalue weighted by Gasteiger charge is 2.10. The van der Waals surface area contributed by atoms with Gasteiger partial charge in [-0.1, -0.05) is 0 Å². The molecule has 0 fully saturated rings. The first-order chi connectivity index (χ1) is 6.18. The molecule has 0 aromatic carbocycles. The van der Waals surface area contributed by atoms with Crippen molar-refractivity contribution in [3.05, 3.63) is 33.2 Å². The molecule has 0 bridgehead atoms. The molecule has 0 aliphatic carbocycles. The van der Waals surface area contributed by atoms with E-state index < -0.39 is 11.1 Å². The lowest BCUT2D eigenvalue weighted by molar-refractivity contribution is 0.182. The highest BCUT2D eigenvalue weighted by molar-refractivity contribution is 5.46. The Hall–Kier alpha value is -2.18. The first kappa shape index (κ1) is 7.47. The highest BCUT2D eigenvalue weighted by atomic mass is 16.5. The minimum atomic E-state index is -0.943. The number of aromatic nitrogens is 4. The molecule has 0 atom stereocenters. The topological polar surface area (TPSA) is 101 Å². The van der Waals surface area contributed by atoms with Crippen LogP contribution in [0.15, 0.2) is 22.1 Å². The molecule has 2 aliphatic heterocycles. The number of nitrogens with zero attached hydrogens (tertiary/aromatic N) is 3. The zero-order valence-corrected chi connectivity index (χ0v) is 6.26. The average Bonchev–Trinajstić information content (AvgIpc) is 2.09. The van der Waals surface area contributed by atoms with Gasteiger partial charge in [-0.3, -0.25) is 9.59 Å². The van der Waals surface area contributed by atoms with E-state index in [4.69, 9.17) is 5.21 Å². The predicted octanol–water partition coefficient (Wildman–Crippen LogP) is -1.33. The summed E-state index contributed by atoms with van der Waals surface area (Å²) in [4.78, 5) is 30.7. The maximum atomic E-state index is 10.8. The Morgan fingerprint density at radius 3 is 3.00 bits per heavy atom. The first-order valence-corrected chi connectivity index (χ1v) is 3.34. The average molecular weight is 180 g/mol. The fraction of sp³-hybridized carbons (Fsp3) is 0. The van der Waals surface area contributed by atoms with Crippen molar-refractivity contribution >= 4 is 0 Å². The molecular formula is C6H4N4O3. The van der Waals surface area contributed by atoms with Gasteiger partial charge in [0, 0.05) is 0 Å². The van der Waals surface area contributed by atoms with Crippen LogP contribution < -0.4 is 11.1 Å². The van der Waals surface area contributed by atoms with E-state index >= 15 is 0 Å². The van der Waals surface area contributed by atoms with Gasteiger partial charge in [-0.05, 0) is 0 Å². The smallest absolute Gasteiger partial charge is 0.337 e. The lowest BCUT2D eigenvalue weighted by Crippen LogP contribution is -2.31. The highest BCUT2D eigenvalue weighted by Crippen LogP contribution is 2.07. The van der Waals surface area contributed by atoms with Crippen molar-refractivity contribution in [3.8, 4) is 11.5 Å². The van der Waals surface area contributed by atoms with Crippen molar-refractivity contribution in [1.29, 1.82) is 0 Å². The minimum absolute atomic E-state index is 0.0281. The van der Waals surface area contributed by atoms with Gasteiger partial charge in [0.05, 0.1) is 6.20 Å². The monoisotopic (exact) mass is 180 g/mol. The molecule has 2 heterocycles. The summed E-state index contributed by atoms with van der Waals surface area (Å²) in [5.41, 5.74) is -1.57. The Bertz CT molecular complexity index is 528. The molecular weight excluding hydrogens is 176 g/mol. The van der Waals surface area contributed by atoms with Crippen LogP contribution in [0.2, 0.25) is 0 Å². The van der Waals surface area contributed by atoms with Crippen molar-refractivity contribution in [2.75, 3.05) is 0 Å². The second kappa shape index (κ2) is 2.41. The van der Waals surface area contributed by atoms with Crippen LogP contribution in [0.4, 0.5) is 0 Å². The Balaban J connectivity index is 2.97. The molecule has 13 heavy (non-hydrogen) atoms. The molecule has 0 radical (unpaired) electrons. The summed E-state index contributed by atoms with van der Waals surface area (Å²) in [5, 5.41) is 9.12.